The molecule has 1 aromatic heterocycles. The van der Waals surface area contributed by atoms with E-state index >= 15 is 0 Å². The van der Waals surface area contributed by atoms with Crippen molar-refractivity contribution in [1.82, 2.24) is 15.2 Å². The van der Waals surface area contributed by atoms with Crippen LogP contribution in [0.5, 0.6) is 0 Å². The van der Waals surface area contributed by atoms with Gasteiger partial charge in [0.1, 0.15) is 5.82 Å². The summed E-state index contributed by atoms with van der Waals surface area (Å²) >= 11 is 3.33. The number of likely N-dealkylation sites (N-methyl/N-ethyl adjacent to an activating group) is 1. The Labute approximate surface area is 121 Å². The molecule has 1 aliphatic rings. The van der Waals surface area contributed by atoms with E-state index in [0.29, 0.717) is 17.9 Å². The van der Waals surface area contributed by atoms with E-state index in [0.717, 1.165) is 17.1 Å². The minimum atomic E-state index is -0.0950. The van der Waals surface area contributed by atoms with Crippen LogP contribution >= 0.6 is 15.9 Å². The molecule has 1 amide bonds. The average Bonchev–Trinajstić information content (AvgIpc) is 3.22. The number of nitrogens with zero attached hydrogens (tertiary/aromatic N) is 2. The Morgan fingerprint density at radius 2 is 2.32 bits per heavy atom. The third kappa shape index (κ3) is 3.91. The molecule has 0 radical (unpaired) electrons. The van der Waals surface area contributed by atoms with Crippen LogP contribution in [0.25, 0.3) is 0 Å². The lowest BCUT2D eigenvalue weighted by molar-refractivity contribution is 0.0950. The topological polar surface area (TPSA) is 57.3 Å². The molecule has 104 valence electrons. The third-order valence-electron chi connectivity index (χ3n) is 3.26. The molecule has 5 nitrogen and oxygen atoms in total. The van der Waals surface area contributed by atoms with E-state index in [1.165, 1.54) is 12.8 Å². The number of aromatic nitrogens is 1. The predicted octanol–water partition coefficient (Wildman–Crippen LogP) is 1.71. The highest BCUT2D eigenvalue weighted by atomic mass is 79.9. The highest BCUT2D eigenvalue weighted by Gasteiger charge is 2.25. The fraction of sp³-hybridized carbons (Fsp3) is 0.538. The molecule has 19 heavy (non-hydrogen) atoms. The van der Waals surface area contributed by atoms with Gasteiger partial charge in [0.25, 0.3) is 5.91 Å². The van der Waals surface area contributed by atoms with Crippen molar-refractivity contribution in [3.8, 4) is 0 Å². The van der Waals surface area contributed by atoms with E-state index in [1.807, 2.05) is 0 Å². The first-order chi connectivity index (χ1) is 9.11. The van der Waals surface area contributed by atoms with Gasteiger partial charge in [0.15, 0.2) is 0 Å². The van der Waals surface area contributed by atoms with E-state index in [1.54, 1.807) is 19.3 Å². The fourth-order valence-corrected chi connectivity index (χ4v) is 2.28. The highest BCUT2D eigenvalue weighted by molar-refractivity contribution is 9.10. The Morgan fingerprint density at radius 3 is 2.95 bits per heavy atom. The third-order valence-corrected chi connectivity index (χ3v) is 3.69. The standard InChI is InChI=1S/C13H19BrN4O/c1-15-12-11(7-9(14)8-17-12)13(19)16-5-6-18(2)10-3-4-10/h7-8,10H,3-6H2,1-2H3,(H,15,17)(H,16,19). The van der Waals surface area contributed by atoms with Gasteiger partial charge in [0.2, 0.25) is 0 Å². The van der Waals surface area contributed by atoms with Crippen LogP contribution in [0, 0.1) is 0 Å². The predicted molar refractivity (Wildman–Crippen MR) is 79.5 cm³/mol. The van der Waals surface area contributed by atoms with Crippen LogP contribution in [0.4, 0.5) is 5.82 Å². The van der Waals surface area contributed by atoms with E-state index in [4.69, 9.17) is 0 Å². The number of anilines is 1. The van der Waals surface area contributed by atoms with E-state index in [2.05, 4.69) is 43.5 Å². The molecule has 2 rings (SSSR count). The maximum absolute atomic E-state index is 12.1. The molecule has 1 aliphatic carbocycles. The lowest BCUT2D eigenvalue weighted by Gasteiger charge is -2.16. The summed E-state index contributed by atoms with van der Waals surface area (Å²) < 4.78 is 0.798. The number of halogens is 1. The van der Waals surface area contributed by atoms with Crippen LogP contribution in [-0.2, 0) is 0 Å². The fourth-order valence-electron chi connectivity index (χ4n) is 1.95. The summed E-state index contributed by atoms with van der Waals surface area (Å²) in [6.45, 7) is 1.54. The van der Waals surface area contributed by atoms with Gasteiger partial charge in [-0.05, 0) is 41.9 Å². The molecule has 0 atom stereocenters. The molecule has 0 saturated heterocycles. The number of amides is 1. The quantitative estimate of drug-likeness (QED) is 0.835. The van der Waals surface area contributed by atoms with Gasteiger partial charge in [-0.1, -0.05) is 0 Å². The maximum Gasteiger partial charge on any atom is 0.255 e. The van der Waals surface area contributed by atoms with E-state index in [-0.39, 0.29) is 5.91 Å². The normalized spacial score (nSPS) is 14.5. The van der Waals surface area contributed by atoms with Crippen molar-refractivity contribution in [2.75, 3.05) is 32.5 Å². The van der Waals surface area contributed by atoms with E-state index < -0.39 is 0 Å². The Morgan fingerprint density at radius 1 is 1.58 bits per heavy atom. The first kappa shape index (κ1) is 14.3. The zero-order valence-electron chi connectivity index (χ0n) is 11.2. The van der Waals surface area contributed by atoms with Crippen molar-refractivity contribution >= 4 is 27.7 Å². The molecule has 1 saturated carbocycles. The first-order valence-electron chi connectivity index (χ1n) is 6.43. The van der Waals surface area contributed by atoms with Gasteiger partial charge < -0.3 is 15.5 Å². The van der Waals surface area contributed by atoms with Crippen LogP contribution in [0.1, 0.15) is 23.2 Å². The summed E-state index contributed by atoms with van der Waals surface area (Å²) in [4.78, 5) is 18.6. The number of hydrogen-bond acceptors (Lipinski definition) is 4. The number of carbonyl (C=O) groups is 1. The number of hydrogen-bond donors (Lipinski definition) is 2. The highest BCUT2D eigenvalue weighted by Crippen LogP contribution is 2.24. The van der Waals surface area contributed by atoms with Gasteiger partial charge in [0, 0.05) is 36.8 Å². The van der Waals surface area contributed by atoms with Crippen molar-refractivity contribution in [3.63, 3.8) is 0 Å². The summed E-state index contributed by atoms with van der Waals surface area (Å²) in [5, 5.41) is 5.86. The molecule has 0 spiro atoms. The van der Waals surface area contributed by atoms with Crippen LogP contribution in [-0.4, -0.2) is 49.0 Å². The molecule has 1 heterocycles. The van der Waals surface area contributed by atoms with Crippen LogP contribution in [0.15, 0.2) is 16.7 Å². The minimum Gasteiger partial charge on any atom is -0.372 e. The van der Waals surface area contributed by atoms with Crippen molar-refractivity contribution in [2.24, 2.45) is 0 Å². The van der Waals surface area contributed by atoms with Crippen LogP contribution < -0.4 is 10.6 Å². The molecule has 2 N–H and O–H groups in total. The molecule has 0 bridgehead atoms. The second-order valence-corrected chi connectivity index (χ2v) is 5.68. The average molecular weight is 327 g/mol. The van der Waals surface area contributed by atoms with Crippen molar-refractivity contribution in [1.29, 1.82) is 0 Å². The number of nitrogens with one attached hydrogen (secondary N) is 2. The van der Waals surface area contributed by atoms with Crippen molar-refractivity contribution in [3.05, 3.63) is 22.3 Å². The molecule has 0 aromatic carbocycles. The number of rotatable bonds is 6. The maximum atomic E-state index is 12.1. The molecular formula is C13H19BrN4O. The van der Waals surface area contributed by atoms with Crippen molar-refractivity contribution in [2.45, 2.75) is 18.9 Å². The second kappa shape index (κ2) is 6.34. The second-order valence-electron chi connectivity index (χ2n) is 4.77. The van der Waals surface area contributed by atoms with Crippen LogP contribution in [0.3, 0.4) is 0 Å². The summed E-state index contributed by atoms with van der Waals surface area (Å²) in [6.07, 6.45) is 4.23. The molecule has 0 aliphatic heterocycles. The Kier molecular flexibility index (Phi) is 4.76. The van der Waals surface area contributed by atoms with Gasteiger partial charge in [0.05, 0.1) is 5.56 Å². The molecule has 1 fully saturated rings. The zero-order valence-corrected chi connectivity index (χ0v) is 12.8. The Balaban J connectivity index is 1.89. The SMILES string of the molecule is CNc1ncc(Br)cc1C(=O)NCCN(C)C1CC1. The first-order valence-corrected chi connectivity index (χ1v) is 7.23. The molecule has 6 heteroatoms. The summed E-state index contributed by atoms with van der Waals surface area (Å²) in [6, 6.07) is 2.50. The van der Waals surface area contributed by atoms with Gasteiger partial charge in [-0.2, -0.15) is 0 Å². The van der Waals surface area contributed by atoms with Crippen LogP contribution in [0.2, 0.25) is 0 Å². The Bertz CT molecular complexity index is 462. The largest absolute Gasteiger partial charge is 0.372 e. The monoisotopic (exact) mass is 326 g/mol. The van der Waals surface area contributed by atoms with Gasteiger partial charge in [-0.25, -0.2) is 4.98 Å². The lowest BCUT2D eigenvalue weighted by Crippen LogP contribution is -2.34. The number of carbonyl (C=O) groups excluding carboxylic acids is 1. The summed E-state index contributed by atoms with van der Waals surface area (Å²) in [5.41, 5.74) is 0.561. The van der Waals surface area contributed by atoms with Gasteiger partial charge in [-0.15, -0.1) is 0 Å². The van der Waals surface area contributed by atoms with Gasteiger partial charge in [-0.3, -0.25) is 4.79 Å². The smallest absolute Gasteiger partial charge is 0.255 e. The summed E-state index contributed by atoms with van der Waals surface area (Å²) in [5.74, 6) is 0.499. The van der Waals surface area contributed by atoms with Crippen molar-refractivity contribution < 1.29 is 4.79 Å². The Hall–Kier alpha value is -1.14. The molecule has 1 aromatic rings. The molecular weight excluding hydrogens is 308 g/mol. The van der Waals surface area contributed by atoms with E-state index in [9.17, 15) is 4.79 Å². The lowest BCUT2D eigenvalue weighted by atomic mass is 10.2. The zero-order chi connectivity index (χ0) is 13.8. The molecule has 0 unspecified atom stereocenters. The minimum absolute atomic E-state index is 0.0950. The summed E-state index contributed by atoms with van der Waals surface area (Å²) in [7, 11) is 3.86. The van der Waals surface area contributed by atoms with Gasteiger partial charge >= 0.3 is 0 Å². The number of pyridine rings is 1.